The Hall–Kier alpha value is -3.27. The van der Waals surface area contributed by atoms with Crippen LogP contribution in [0.5, 0.6) is 17.2 Å². The summed E-state index contributed by atoms with van der Waals surface area (Å²) in [5.41, 5.74) is 2.00. The van der Waals surface area contributed by atoms with E-state index in [4.69, 9.17) is 14.2 Å². The Morgan fingerprint density at radius 2 is 1.48 bits per heavy atom. The largest absolute Gasteiger partial charge is 0.497 e. The van der Waals surface area contributed by atoms with E-state index in [-0.39, 0.29) is 0 Å². The van der Waals surface area contributed by atoms with Crippen LogP contribution in [0.15, 0.2) is 72.8 Å². The standard InChI is InChI=1S/C21H18O4/c1-23-16-13-11-15(12-14-16)18-9-6-10-19(20(18)21(22)24-2)25-17-7-4-3-5-8-17/h3-14H,1-2H3. The maximum Gasteiger partial charge on any atom is 0.342 e. The fourth-order valence-electron chi connectivity index (χ4n) is 2.56. The molecule has 4 nitrogen and oxygen atoms in total. The van der Waals surface area contributed by atoms with Crippen LogP contribution in [0.3, 0.4) is 0 Å². The van der Waals surface area contributed by atoms with Crippen LogP contribution in [0, 0.1) is 0 Å². The second kappa shape index (κ2) is 7.53. The Labute approximate surface area is 146 Å². The molecule has 4 heteroatoms. The van der Waals surface area contributed by atoms with Gasteiger partial charge in [0.05, 0.1) is 14.2 Å². The number of hydrogen-bond acceptors (Lipinski definition) is 4. The van der Waals surface area contributed by atoms with Crippen molar-refractivity contribution < 1.29 is 19.0 Å². The van der Waals surface area contributed by atoms with Crippen molar-refractivity contribution in [2.24, 2.45) is 0 Å². The zero-order chi connectivity index (χ0) is 17.6. The van der Waals surface area contributed by atoms with Crippen molar-refractivity contribution in [1.82, 2.24) is 0 Å². The molecule has 0 aliphatic carbocycles. The van der Waals surface area contributed by atoms with Crippen molar-refractivity contribution in [3.63, 3.8) is 0 Å². The summed E-state index contributed by atoms with van der Waals surface area (Å²) in [4.78, 5) is 12.4. The van der Waals surface area contributed by atoms with Crippen molar-refractivity contribution in [3.8, 4) is 28.4 Å². The van der Waals surface area contributed by atoms with E-state index in [1.165, 1.54) is 7.11 Å². The second-order valence-electron chi connectivity index (χ2n) is 5.31. The van der Waals surface area contributed by atoms with E-state index in [0.717, 1.165) is 16.9 Å². The number of benzene rings is 3. The van der Waals surface area contributed by atoms with Crippen molar-refractivity contribution in [3.05, 3.63) is 78.4 Å². The molecule has 0 atom stereocenters. The molecule has 0 unspecified atom stereocenters. The van der Waals surface area contributed by atoms with Gasteiger partial charge in [-0.2, -0.15) is 0 Å². The Bertz CT molecular complexity index is 855. The molecule has 3 aromatic rings. The monoisotopic (exact) mass is 334 g/mol. The van der Waals surface area contributed by atoms with E-state index in [0.29, 0.717) is 17.1 Å². The zero-order valence-electron chi connectivity index (χ0n) is 14.1. The van der Waals surface area contributed by atoms with Crippen molar-refractivity contribution in [1.29, 1.82) is 0 Å². The van der Waals surface area contributed by atoms with Crippen LogP contribution in [0.2, 0.25) is 0 Å². The summed E-state index contributed by atoms with van der Waals surface area (Å²) in [6, 6.07) is 22.3. The van der Waals surface area contributed by atoms with Crippen molar-refractivity contribution in [2.45, 2.75) is 0 Å². The average Bonchev–Trinajstić information content (AvgIpc) is 2.68. The first-order valence-corrected chi connectivity index (χ1v) is 7.81. The first kappa shape index (κ1) is 16.6. The van der Waals surface area contributed by atoms with Crippen LogP contribution >= 0.6 is 0 Å². The van der Waals surface area contributed by atoms with Gasteiger partial charge in [0.1, 0.15) is 22.8 Å². The minimum Gasteiger partial charge on any atom is -0.497 e. The molecule has 3 aromatic carbocycles. The first-order valence-electron chi connectivity index (χ1n) is 7.81. The predicted octanol–water partition coefficient (Wildman–Crippen LogP) is 4.94. The van der Waals surface area contributed by atoms with Crippen LogP contribution < -0.4 is 9.47 Å². The summed E-state index contributed by atoms with van der Waals surface area (Å²) in [5, 5.41) is 0. The highest BCUT2D eigenvalue weighted by atomic mass is 16.5. The number of rotatable bonds is 5. The Morgan fingerprint density at radius 1 is 0.760 bits per heavy atom. The lowest BCUT2D eigenvalue weighted by Gasteiger charge is -2.14. The third kappa shape index (κ3) is 3.63. The number of methoxy groups -OCH3 is 2. The molecule has 0 aliphatic heterocycles. The summed E-state index contributed by atoms with van der Waals surface area (Å²) in [5.74, 6) is 1.41. The molecular formula is C21H18O4. The molecule has 0 aromatic heterocycles. The number of hydrogen-bond donors (Lipinski definition) is 0. The second-order valence-corrected chi connectivity index (χ2v) is 5.31. The zero-order valence-corrected chi connectivity index (χ0v) is 14.1. The Morgan fingerprint density at radius 3 is 2.12 bits per heavy atom. The van der Waals surface area contributed by atoms with E-state index >= 15 is 0 Å². The number of carbonyl (C=O) groups excluding carboxylic acids is 1. The summed E-state index contributed by atoms with van der Waals surface area (Å²) in [7, 11) is 2.97. The number of esters is 1. The van der Waals surface area contributed by atoms with Gasteiger partial charge >= 0.3 is 5.97 Å². The van der Waals surface area contributed by atoms with E-state index in [2.05, 4.69) is 0 Å². The molecule has 126 valence electrons. The van der Waals surface area contributed by atoms with Gasteiger partial charge in [0.2, 0.25) is 0 Å². The lowest BCUT2D eigenvalue weighted by molar-refractivity contribution is 0.0599. The van der Waals surface area contributed by atoms with Gasteiger partial charge in [-0.15, -0.1) is 0 Å². The molecule has 0 radical (unpaired) electrons. The molecule has 0 heterocycles. The predicted molar refractivity (Wildman–Crippen MR) is 96.3 cm³/mol. The lowest BCUT2D eigenvalue weighted by Crippen LogP contribution is -2.06. The van der Waals surface area contributed by atoms with Crippen LogP contribution in [0.4, 0.5) is 0 Å². The highest BCUT2D eigenvalue weighted by molar-refractivity contribution is 6.00. The van der Waals surface area contributed by atoms with Crippen molar-refractivity contribution in [2.75, 3.05) is 14.2 Å². The third-order valence-corrected chi connectivity index (χ3v) is 3.79. The minimum absolute atomic E-state index is 0.388. The maximum absolute atomic E-state index is 12.4. The van der Waals surface area contributed by atoms with Gasteiger partial charge in [-0.1, -0.05) is 42.5 Å². The SMILES string of the molecule is COC(=O)c1c(Oc2ccccc2)cccc1-c1ccc(OC)cc1. The molecule has 0 fully saturated rings. The van der Waals surface area contributed by atoms with E-state index in [1.807, 2.05) is 66.7 Å². The van der Waals surface area contributed by atoms with Gasteiger partial charge in [0.15, 0.2) is 0 Å². The highest BCUT2D eigenvalue weighted by Gasteiger charge is 2.20. The minimum atomic E-state index is -0.447. The van der Waals surface area contributed by atoms with Gasteiger partial charge in [-0.3, -0.25) is 0 Å². The molecule has 3 rings (SSSR count). The van der Waals surface area contributed by atoms with Gasteiger partial charge in [0.25, 0.3) is 0 Å². The summed E-state index contributed by atoms with van der Waals surface area (Å²) >= 11 is 0. The molecule has 0 spiro atoms. The molecular weight excluding hydrogens is 316 g/mol. The Balaban J connectivity index is 2.08. The topological polar surface area (TPSA) is 44.8 Å². The molecule has 0 bridgehead atoms. The molecule has 0 saturated carbocycles. The van der Waals surface area contributed by atoms with Gasteiger partial charge in [-0.25, -0.2) is 4.79 Å². The fourth-order valence-corrected chi connectivity index (χ4v) is 2.56. The smallest absolute Gasteiger partial charge is 0.342 e. The van der Waals surface area contributed by atoms with Gasteiger partial charge in [0, 0.05) is 0 Å². The number of ether oxygens (including phenoxy) is 3. The van der Waals surface area contributed by atoms with Crippen molar-refractivity contribution >= 4 is 5.97 Å². The molecule has 0 N–H and O–H groups in total. The quantitative estimate of drug-likeness (QED) is 0.620. The molecule has 0 saturated heterocycles. The average molecular weight is 334 g/mol. The van der Waals surface area contributed by atoms with Crippen LogP contribution in [0.1, 0.15) is 10.4 Å². The highest BCUT2D eigenvalue weighted by Crippen LogP contribution is 2.34. The van der Waals surface area contributed by atoms with Crippen LogP contribution in [0.25, 0.3) is 11.1 Å². The van der Waals surface area contributed by atoms with Gasteiger partial charge in [-0.05, 0) is 41.5 Å². The lowest BCUT2D eigenvalue weighted by atomic mass is 9.98. The maximum atomic E-state index is 12.4. The van der Waals surface area contributed by atoms with E-state index in [1.54, 1.807) is 13.2 Å². The third-order valence-electron chi connectivity index (χ3n) is 3.79. The first-order chi connectivity index (χ1) is 12.2. The number of para-hydroxylation sites is 1. The molecule has 0 amide bonds. The Kier molecular flexibility index (Phi) is 5.00. The molecule has 0 aliphatic rings. The normalized spacial score (nSPS) is 10.2. The summed E-state index contributed by atoms with van der Waals surface area (Å²) in [6.07, 6.45) is 0. The van der Waals surface area contributed by atoms with E-state index in [9.17, 15) is 4.79 Å². The number of carbonyl (C=O) groups is 1. The summed E-state index contributed by atoms with van der Waals surface area (Å²) < 4.78 is 16.1. The van der Waals surface area contributed by atoms with Crippen LogP contribution in [-0.2, 0) is 4.74 Å². The van der Waals surface area contributed by atoms with Crippen LogP contribution in [-0.4, -0.2) is 20.2 Å². The van der Waals surface area contributed by atoms with E-state index < -0.39 is 5.97 Å². The molecule has 25 heavy (non-hydrogen) atoms. The fraction of sp³-hybridized carbons (Fsp3) is 0.0952. The summed E-state index contributed by atoms with van der Waals surface area (Å²) in [6.45, 7) is 0. The van der Waals surface area contributed by atoms with Gasteiger partial charge < -0.3 is 14.2 Å².